The normalized spacial score (nSPS) is 16.8. The Hall–Kier alpha value is -0.580. The molecule has 1 atom stereocenters. The lowest BCUT2D eigenvalue weighted by Gasteiger charge is -2.24. The molecule has 0 radical (unpaired) electrons. The van der Waals surface area contributed by atoms with E-state index in [9.17, 15) is 8.42 Å². The largest absolute Gasteiger partial charge is 0.411 e. The SMILES string of the molecule is CCS(=O)(=O)C(C)/C(=N/O)C(C)(C)C. The maximum Gasteiger partial charge on any atom is 0.158 e. The third-order valence-electron chi connectivity index (χ3n) is 2.20. The van der Waals surface area contributed by atoms with Crippen LogP contribution in [0.4, 0.5) is 0 Å². The standard InChI is InChI=1S/C9H19NO3S/c1-6-14(12,13)7(2)8(10-11)9(3,4)5/h7,11H,6H2,1-5H3/b10-8-. The van der Waals surface area contributed by atoms with Gasteiger partial charge in [-0.05, 0) is 6.92 Å². The number of sulfone groups is 1. The Morgan fingerprint density at radius 1 is 1.43 bits per heavy atom. The third-order valence-corrected chi connectivity index (χ3v) is 4.31. The van der Waals surface area contributed by atoms with Gasteiger partial charge in [0, 0.05) is 11.2 Å². The zero-order valence-corrected chi connectivity index (χ0v) is 10.2. The van der Waals surface area contributed by atoms with Crippen molar-refractivity contribution < 1.29 is 13.6 Å². The molecule has 4 nitrogen and oxygen atoms in total. The molecule has 14 heavy (non-hydrogen) atoms. The molecule has 1 unspecified atom stereocenters. The Kier molecular flexibility index (Phi) is 4.12. The van der Waals surface area contributed by atoms with Gasteiger partial charge in [0.05, 0.1) is 5.71 Å². The summed E-state index contributed by atoms with van der Waals surface area (Å²) >= 11 is 0. The Morgan fingerprint density at radius 3 is 2.07 bits per heavy atom. The van der Waals surface area contributed by atoms with Crippen LogP contribution < -0.4 is 0 Å². The number of oxime groups is 1. The molecule has 0 bridgehead atoms. The molecule has 5 heteroatoms. The molecule has 0 spiro atoms. The molecule has 1 N–H and O–H groups in total. The molecule has 0 aromatic heterocycles. The second-order valence-corrected chi connectivity index (χ2v) is 6.94. The van der Waals surface area contributed by atoms with Crippen LogP contribution >= 0.6 is 0 Å². The fraction of sp³-hybridized carbons (Fsp3) is 0.889. The lowest BCUT2D eigenvalue weighted by Crippen LogP contribution is -2.37. The zero-order chi connectivity index (χ0) is 11.6. The molecule has 0 fully saturated rings. The lowest BCUT2D eigenvalue weighted by molar-refractivity contribution is 0.309. The maximum atomic E-state index is 11.6. The van der Waals surface area contributed by atoms with Crippen molar-refractivity contribution in [2.45, 2.75) is 39.9 Å². The molecule has 0 rings (SSSR count). The molecule has 0 saturated carbocycles. The van der Waals surface area contributed by atoms with Gasteiger partial charge < -0.3 is 5.21 Å². The minimum absolute atomic E-state index is 0.0588. The number of rotatable bonds is 3. The van der Waals surface area contributed by atoms with Gasteiger partial charge in [0.2, 0.25) is 0 Å². The minimum atomic E-state index is -3.18. The highest BCUT2D eigenvalue weighted by Crippen LogP contribution is 2.22. The summed E-state index contributed by atoms with van der Waals surface area (Å²) in [5.74, 6) is 0.0588. The van der Waals surface area contributed by atoms with Crippen molar-refractivity contribution in [1.82, 2.24) is 0 Å². The summed E-state index contributed by atoms with van der Waals surface area (Å²) in [6.45, 7) is 8.61. The summed E-state index contributed by atoms with van der Waals surface area (Å²) in [5, 5.41) is 11.2. The average molecular weight is 221 g/mol. The topological polar surface area (TPSA) is 66.7 Å². The summed E-state index contributed by atoms with van der Waals surface area (Å²) < 4.78 is 23.1. The summed E-state index contributed by atoms with van der Waals surface area (Å²) in [4.78, 5) is 0. The molecule has 0 aliphatic rings. The lowest BCUT2D eigenvalue weighted by atomic mass is 9.88. The second kappa shape index (κ2) is 4.29. The van der Waals surface area contributed by atoms with Crippen LogP contribution in [-0.2, 0) is 9.84 Å². The van der Waals surface area contributed by atoms with Gasteiger partial charge in [-0.15, -0.1) is 0 Å². The van der Waals surface area contributed by atoms with Crippen LogP contribution in [0.3, 0.4) is 0 Å². The van der Waals surface area contributed by atoms with E-state index >= 15 is 0 Å². The van der Waals surface area contributed by atoms with E-state index in [0.717, 1.165) is 0 Å². The second-order valence-electron chi connectivity index (χ2n) is 4.33. The average Bonchev–Trinajstić information content (AvgIpc) is 2.03. The summed E-state index contributed by atoms with van der Waals surface area (Å²) in [5.41, 5.74) is -0.129. The Morgan fingerprint density at radius 2 is 1.86 bits per heavy atom. The van der Waals surface area contributed by atoms with Gasteiger partial charge in [0.15, 0.2) is 9.84 Å². The molecule has 0 heterocycles. The van der Waals surface area contributed by atoms with Gasteiger partial charge in [-0.1, -0.05) is 32.9 Å². The van der Waals surface area contributed by atoms with Crippen molar-refractivity contribution in [3.63, 3.8) is 0 Å². The molecule has 0 saturated heterocycles. The van der Waals surface area contributed by atoms with Gasteiger partial charge in [-0.2, -0.15) is 0 Å². The first-order valence-corrected chi connectivity index (χ1v) is 6.32. The van der Waals surface area contributed by atoms with E-state index < -0.39 is 20.5 Å². The fourth-order valence-corrected chi connectivity index (χ4v) is 2.50. The van der Waals surface area contributed by atoms with Crippen LogP contribution in [0.25, 0.3) is 0 Å². The Bertz CT molecular complexity index is 311. The van der Waals surface area contributed by atoms with E-state index in [1.165, 1.54) is 0 Å². The maximum absolute atomic E-state index is 11.6. The molecule has 0 amide bonds. The molecular weight excluding hydrogens is 202 g/mol. The van der Waals surface area contributed by atoms with Crippen LogP contribution in [-0.4, -0.2) is 30.3 Å². The van der Waals surface area contributed by atoms with Crippen molar-refractivity contribution in [1.29, 1.82) is 0 Å². The molecule has 0 aliphatic heterocycles. The molecule has 0 aromatic rings. The van der Waals surface area contributed by atoms with E-state index in [2.05, 4.69) is 5.16 Å². The molecule has 84 valence electrons. The van der Waals surface area contributed by atoms with E-state index in [1.807, 2.05) is 20.8 Å². The molecular formula is C9H19NO3S. The smallest absolute Gasteiger partial charge is 0.158 e. The van der Waals surface area contributed by atoms with Crippen molar-refractivity contribution in [2.75, 3.05) is 5.75 Å². The number of hydrogen-bond donors (Lipinski definition) is 1. The quantitative estimate of drug-likeness (QED) is 0.448. The van der Waals surface area contributed by atoms with Crippen molar-refractivity contribution in [2.24, 2.45) is 10.6 Å². The van der Waals surface area contributed by atoms with Crippen molar-refractivity contribution in [3.8, 4) is 0 Å². The first-order chi connectivity index (χ1) is 6.16. The highest BCUT2D eigenvalue weighted by atomic mass is 32.2. The first-order valence-electron chi connectivity index (χ1n) is 4.60. The highest BCUT2D eigenvalue weighted by Gasteiger charge is 2.32. The predicted molar refractivity (Wildman–Crippen MR) is 57.6 cm³/mol. The summed E-state index contributed by atoms with van der Waals surface area (Å²) in [6, 6.07) is 0. The van der Waals surface area contributed by atoms with Crippen LogP contribution in [0, 0.1) is 5.41 Å². The minimum Gasteiger partial charge on any atom is -0.411 e. The molecule has 0 aliphatic carbocycles. The fourth-order valence-electron chi connectivity index (χ4n) is 1.26. The van der Waals surface area contributed by atoms with Gasteiger partial charge in [0.25, 0.3) is 0 Å². The van der Waals surface area contributed by atoms with Gasteiger partial charge in [0.1, 0.15) is 5.25 Å². The number of nitrogens with zero attached hydrogens (tertiary/aromatic N) is 1. The predicted octanol–water partition coefficient (Wildman–Crippen LogP) is 1.69. The van der Waals surface area contributed by atoms with Crippen LogP contribution in [0.5, 0.6) is 0 Å². The molecule has 0 aromatic carbocycles. The van der Waals surface area contributed by atoms with Crippen molar-refractivity contribution >= 4 is 15.5 Å². The first kappa shape index (κ1) is 13.4. The summed E-state index contributed by atoms with van der Waals surface area (Å²) in [6.07, 6.45) is 0. The van der Waals surface area contributed by atoms with E-state index in [0.29, 0.717) is 5.71 Å². The van der Waals surface area contributed by atoms with E-state index in [1.54, 1.807) is 13.8 Å². The van der Waals surface area contributed by atoms with Crippen molar-refractivity contribution in [3.05, 3.63) is 0 Å². The van der Waals surface area contributed by atoms with E-state index in [-0.39, 0.29) is 5.75 Å². The highest BCUT2D eigenvalue weighted by molar-refractivity contribution is 7.92. The van der Waals surface area contributed by atoms with Crippen LogP contribution in [0.2, 0.25) is 0 Å². The summed E-state index contributed by atoms with van der Waals surface area (Å²) in [7, 11) is -3.18. The Balaban J connectivity index is 5.13. The van der Waals surface area contributed by atoms with Crippen LogP contribution in [0.1, 0.15) is 34.6 Å². The van der Waals surface area contributed by atoms with E-state index in [4.69, 9.17) is 5.21 Å². The monoisotopic (exact) mass is 221 g/mol. The van der Waals surface area contributed by atoms with Gasteiger partial charge >= 0.3 is 0 Å². The van der Waals surface area contributed by atoms with Gasteiger partial charge in [-0.3, -0.25) is 0 Å². The zero-order valence-electron chi connectivity index (χ0n) is 9.40. The van der Waals surface area contributed by atoms with Gasteiger partial charge in [-0.25, -0.2) is 8.42 Å². The van der Waals surface area contributed by atoms with Crippen LogP contribution in [0.15, 0.2) is 5.16 Å². The Labute approximate surface area is 85.9 Å². The number of hydrogen-bond acceptors (Lipinski definition) is 4. The third kappa shape index (κ3) is 2.97.